The normalized spacial score (nSPS) is 15.2. The molecule has 26 heavy (non-hydrogen) atoms. The van der Waals surface area contributed by atoms with Crippen LogP contribution >= 0.6 is 0 Å². The second-order valence-corrected chi connectivity index (χ2v) is 8.05. The number of methoxy groups -OCH3 is 1. The van der Waals surface area contributed by atoms with Gasteiger partial charge in [-0.1, -0.05) is 20.8 Å². The molecule has 0 radical (unpaired) electrons. The summed E-state index contributed by atoms with van der Waals surface area (Å²) in [5.41, 5.74) is 1.56. The number of urea groups is 1. The van der Waals surface area contributed by atoms with Crippen LogP contribution in [0.5, 0.6) is 5.75 Å². The maximum absolute atomic E-state index is 12.9. The molecule has 3 amide bonds. The van der Waals surface area contributed by atoms with E-state index in [1.54, 1.807) is 12.0 Å². The van der Waals surface area contributed by atoms with E-state index in [2.05, 4.69) is 26.1 Å². The van der Waals surface area contributed by atoms with Gasteiger partial charge in [0.25, 0.3) is 5.91 Å². The Labute approximate surface area is 156 Å². The fourth-order valence-electron chi connectivity index (χ4n) is 3.06. The summed E-state index contributed by atoms with van der Waals surface area (Å²) >= 11 is 0. The summed E-state index contributed by atoms with van der Waals surface area (Å²) in [6, 6.07) is 5.65. The van der Waals surface area contributed by atoms with Crippen LogP contribution in [0, 0.1) is 0 Å². The number of nitrogens with one attached hydrogen (secondary N) is 1. The molecular weight excluding hydrogens is 330 g/mol. The summed E-state index contributed by atoms with van der Waals surface area (Å²) in [6.45, 7) is 12.4. The van der Waals surface area contributed by atoms with Gasteiger partial charge in [0.1, 0.15) is 5.75 Å². The van der Waals surface area contributed by atoms with Crippen LogP contribution in [0.15, 0.2) is 18.2 Å². The largest absolute Gasteiger partial charge is 0.496 e. The third-order valence-electron chi connectivity index (χ3n) is 4.52. The van der Waals surface area contributed by atoms with Crippen molar-refractivity contribution in [1.29, 1.82) is 0 Å². The average molecular weight is 361 g/mol. The Morgan fingerprint density at radius 1 is 1.08 bits per heavy atom. The minimum absolute atomic E-state index is 0.00192. The van der Waals surface area contributed by atoms with Crippen LogP contribution in [-0.4, -0.2) is 61.1 Å². The number of benzene rings is 1. The molecule has 0 spiro atoms. The molecule has 1 fully saturated rings. The Balaban J connectivity index is 2.08. The molecule has 0 unspecified atom stereocenters. The van der Waals surface area contributed by atoms with E-state index in [0.717, 1.165) is 11.3 Å². The molecule has 0 aromatic heterocycles. The van der Waals surface area contributed by atoms with Crippen molar-refractivity contribution in [1.82, 2.24) is 15.1 Å². The van der Waals surface area contributed by atoms with Crippen molar-refractivity contribution in [2.75, 3.05) is 33.3 Å². The van der Waals surface area contributed by atoms with E-state index in [-0.39, 0.29) is 23.4 Å². The minimum Gasteiger partial charge on any atom is -0.496 e. The molecule has 6 nitrogen and oxygen atoms in total. The number of hydrogen-bond donors (Lipinski definition) is 1. The van der Waals surface area contributed by atoms with Gasteiger partial charge < -0.3 is 19.9 Å². The molecule has 0 bridgehead atoms. The molecular formula is C20H31N3O3. The van der Waals surface area contributed by atoms with Crippen molar-refractivity contribution >= 4 is 11.9 Å². The first kappa shape index (κ1) is 20.1. The molecule has 1 aliphatic rings. The summed E-state index contributed by atoms with van der Waals surface area (Å²) < 4.78 is 5.45. The quantitative estimate of drug-likeness (QED) is 0.900. The lowest BCUT2D eigenvalue weighted by Crippen LogP contribution is -2.54. The number of carbonyl (C=O) groups excluding carboxylic acids is 2. The summed E-state index contributed by atoms with van der Waals surface area (Å²) in [7, 11) is 1.65. The third-order valence-corrected chi connectivity index (χ3v) is 4.52. The minimum atomic E-state index is -0.116. The number of hydrogen-bond acceptors (Lipinski definition) is 3. The molecule has 1 aliphatic heterocycles. The van der Waals surface area contributed by atoms with Crippen molar-refractivity contribution in [3.63, 3.8) is 0 Å². The van der Waals surface area contributed by atoms with E-state index in [0.29, 0.717) is 31.7 Å². The number of amides is 3. The molecule has 1 aromatic rings. The maximum atomic E-state index is 12.9. The van der Waals surface area contributed by atoms with Crippen molar-refractivity contribution in [2.24, 2.45) is 0 Å². The summed E-state index contributed by atoms with van der Waals surface area (Å²) in [6.07, 6.45) is 0. The number of piperazine rings is 1. The molecule has 144 valence electrons. The highest BCUT2D eigenvalue weighted by atomic mass is 16.5. The predicted molar refractivity (Wildman–Crippen MR) is 103 cm³/mol. The Hall–Kier alpha value is -2.24. The topological polar surface area (TPSA) is 61.9 Å². The molecule has 6 heteroatoms. The lowest BCUT2D eigenvalue weighted by atomic mass is 9.85. The van der Waals surface area contributed by atoms with Gasteiger partial charge in [-0.15, -0.1) is 0 Å². The molecule has 1 aromatic carbocycles. The van der Waals surface area contributed by atoms with Crippen molar-refractivity contribution in [2.45, 2.75) is 46.1 Å². The Bertz CT molecular complexity index is 657. The highest BCUT2D eigenvalue weighted by Crippen LogP contribution is 2.32. The fourth-order valence-corrected chi connectivity index (χ4v) is 3.06. The second kappa shape index (κ2) is 7.98. The zero-order chi connectivity index (χ0) is 19.5. The van der Waals surface area contributed by atoms with Crippen LogP contribution in [0.1, 0.15) is 50.5 Å². The molecule has 0 saturated carbocycles. The van der Waals surface area contributed by atoms with Gasteiger partial charge in [0.2, 0.25) is 0 Å². The second-order valence-electron chi connectivity index (χ2n) is 8.05. The Morgan fingerprint density at radius 3 is 2.15 bits per heavy atom. The van der Waals surface area contributed by atoms with Crippen LogP contribution in [0.3, 0.4) is 0 Å². The number of rotatable bonds is 3. The lowest BCUT2D eigenvalue weighted by Gasteiger charge is -2.35. The van der Waals surface area contributed by atoms with Crippen LogP contribution in [0.4, 0.5) is 4.79 Å². The first-order valence-corrected chi connectivity index (χ1v) is 9.16. The van der Waals surface area contributed by atoms with Crippen molar-refractivity contribution in [3.05, 3.63) is 29.3 Å². The SMILES string of the molecule is COc1ccc(C(=O)N2CCN(C(=O)NC(C)C)CC2)cc1C(C)(C)C. The molecule has 2 rings (SSSR count). The van der Waals surface area contributed by atoms with Crippen LogP contribution in [0.2, 0.25) is 0 Å². The molecule has 0 aliphatic carbocycles. The fraction of sp³-hybridized carbons (Fsp3) is 0.600. The summed E-state index contributed by atoms with van der Waals surface area (Å²) in [5.74, 6) is 0.797. The first-order chi connectivity index (χ1) is 12.1. The van der Waals surface area contributed by atoms with E-state index in [4.69, 9.17) is 4.74 Å². The van der Waals surface area contributed by atoms with E-state index < -0.39 is 0 Å². The third kappa shape index (κ3) is 4.68. The zero-order valence-corrected chi connectivity index (χ0v) is 16.8. The Morgan fingerprint density at radius 2 is 1.65 bits per heavy atom. The zero-order valence-electron chi connectivity index (χ0n) is 16.8. The van der Waals surface area contributed by atoms with Gasteiger partial charge in [-0.2, -0.15) is 0 Å². The van der Waals surface area contributed by atoms with E-state index in [9.17, 15) is 9.59 Å². The maximum Gasteiger partial charge on any atom is 0.317 e. The average Bonchev–Trinajstić information content (AvgIpc) is 2.59. The lowest BCUT2D eigenvalue weighted by molar-refractivity contribution is 0.0663. The number of nitrogens with zero attached hydrogens (tertiary/aromatic N) is 2. The molecule has 0 atom stereocenters. The van der Waals surface area contributed by atoms with Crippen LogP contribution < -0.4 is 10.1 Å². The van der Waals surface area contributed by atoms with Gasteiger partial charge in [-0.25, -0.2) is 4.79 Å². The predicted octanol–water partition coefficient (Wildman–Crippen LogP) is 2.87. The summed E-state index contributed by atoms with van der Waals surface area (Å²) in [5, 5.41) is 2.89. The van der Waals surface area contributed by atoms with Gasteiger partial charge in [0, 0.05) is 43.3 Å². The monoisotopic (exact) mass is 361 g/mol. The van der Waals surface area contributed by atoms with Gasteiger partial charge in [-0.3, -0.25) is 4.79 Å². The van der Waals surface area contributed by atoms with Gasteiger partial charge >= 0.3 is 6.03 Å². The highest BCUT2D eigenvalue weighted by molar-refractivity contribution is 5.95. The highest BCUT2D eigenvalue weighted by Gasteiger charge is 2.27. The number of carbonyl (C=O) groups is 2. The number of ether oxygens (including phenoxy) is 1. The molecule has 1 heterocycles. The summed E-state index contributed by atoms with van der Waals surface area (Å²) in [4.78, 5) is 28.6. The van der Waals surface area contributed by atoms with Gasteiger partial charge in [0.05, 0.1) is 7.11 Å². The molecule has 1 N–H and O–H groups in total. The molecule has 1 saturated heterocycles. The van der Waals surface area contributed by atoms with Crippen LogP contribution in [0.25, 0.3) is 0 Å². The van der Waals surface area contributed by atoms with E-state index in [1.165, 1.54) is 0 Å². The van der Waals surface area contributed by atoms with E-state index in [1.807, 2.05) is 36.9 Å². The van der Waals surface area contributed by atoms with Gasteiger partial charge in [0.15, 0.2) is 0 Å². The van der Waals surface area contributed by atoms with Crippen molar-refractivity contribution in [3.8, 4) is 5.75 Å². The smallest absolute Gasteiger partial charge is 0.317 e. The first-order valence-electron chi connectivity index (χ1n) is 9.16. The standard InChI is InChI=1S/C20H31N3O3/c1-14(2)21-19(25)23-11-9-22(10-12-23)18(24)15-7-8-17(26-6)16(13-15)20(3,4)5/h7-8,13-14H,9-12H2,1-6H3,(H,21,25). The van der Waals surface area contributed by atoms with Crippen LogP contribution in [-0.2, 0) is 5.41 Å². The van der Waals surface area contributed by atoms with Crippen molar-refractivity contribution < 1.29 is 14.3 Å². The van der Waals surface area contributed by atoms with E-state index >= 15 is 0 Å². The van der Waals surface area contributed by atoms with Gasteiger partial charge in [-0.05, 0) is 37.5 Å². The Kier molecular flexibility index (Phi) is 6.16.